The molecule has 0 amide bonds. The van der Waals surface area contributed by atoms with Gasteiger partial charge in [0.2, 0.25) is 0 Å². The monoisotopic (exact) mass is 442 g/mol. The van der Waals surface area contributed by atoms with Gasteiger partial charge in [0.05, 0.1) is 18.5 Å². The summed E-state index contributed by atoms with van der Waals surface area (Å²) in [5.41, 5.74) is 7.92. The van der Waals surface area contributed by atoms with Gasteiger partial charge in [0, 0.05) is 16.9 Å². The van der Waals surface area contributed by atoms with Gasteiger partial charge in [-0.3, -0.25) is 0 Å². The lowest BCUT2D eigenvalue weighted by Crippen LogP contribution is -2.02. The second-order valence-electron chi connectivity index (χ2n) is 8.00. The van der Waals surface area contributed by atoms with E-state index in [9.17, 15) is 4.39 Å². The Hall–Kier alpha value is -3.86. The van der Waals surface area contributed by atoms with Gasteiger partial charge >= 0.3 is 0 Å². The molecule has 0 aliphatic carbocycles. The number of hydrogen-bond donors (Lipinski definition) is 0. The minimum absolute atomic E-state index is 0.256. The highest BCUT2D eigenvalue weighted by Gasteiger charge is 2.17. The summed E-state index contributed by atoms with van der Waals surface area (Å²) in [4.78, 5) is 5.64. The van der Waals surface area contributed by atoms with Crippen LogP contribution in [-0.4, -0.2) is 17.4 Å². The number of aryl methyl sites for hydroxylation is 1. The van der Waals surface area contributed by atoms with Crippen molar-refractivity contribution < 1.29 is 14.0 Å². The molecule has 3 aromatic carbocycles. The van der Waals surface area contributed by atoms with Crippen LogP contribution in [0.3, 0.4) is 0 Å². The Kier molecular flexibility index (Phi) is 6.59. The van der Waals surface area contributed by atoms with Crippen LogP contribution in [0.5, 0.6) is 5.75 Å². The summed E-state index contributed by atoms with van der Waals surface area (Å²) in [5.74, 6) is 0.550. The molecule has 5 heteroatoms. The Morgan fingerprint density at radius 1 is 0.909 bits per heavy atom. The first-order valence-corrected chi connectivity index (χ1v) is 10.8. The van der Waals surface area contributed by atoms with Crippen molar-refractivity contribution in [1.29, 1.82) is 0 Å². The molecule has 33 heavy (non-hydrogen) atoms. The molecule has 1 aromatic heterocycles. The number of ether oxygens (including phenoxy) is 1. The molecule has 1 heterocycles. The zero-order valence-electron chi connectivity index (χ0n) is 19.3. The predicted octanol–water partition coefficient (Wildman–Crippen LogP) is 6.85. The topological polar surface area (TPSA) is 35.8 Å². The van der Waals surface area contributed by atoms with Crippen molar-refractivity contribution in [2.24, 2.45) is 5.16 Å². The molecule has 0 aliphatic rings. The van der Waals surface area contributed by atoms with Crippen LogP contribution in [0.4, 0.5) is 4.39 Å². The molecule has 0 spiro atoms. The van der Waals surface area contributed by atoms with E-state index in [2.05, 4.69) is 53.9 Å². The van der Waals surface area contributed by atoms with Gasteiger partial charge in [-0.2, -0.15) is 0 Å². The van der Waals surface area contributed by atoms with E-state index >= 15 is 0 Å². The maximum Gasteiger partial charge on any atom is 0.142 e. The van der Waals surface area contributed by atoms with Gasteiger partial charge in [-0.15, -0.1) is 0 Å². The van der Waals surface area contributed by atoms with Gasteiger partial charge in [-0.1, -0.05) is 35.0 Å². The third-order valence-corrected chi connectivity index (χ3v) is 5.66. The molecule has 0 saturated heterocycles. The Morgan fingerprint density at radius 2 is 1.58 bits per heavy atom. The summed E-state index contributed by atoms with van der Waals surface area (Å²) in [7, 11) is 1.64. The SMILES string of the molecule is COc1ccc(CO/N=C(/C)c2cc(-c3ccc(F)cc3)n(-c3ccc(C)cc3)c2C)cc1. The molecule has 0 aliphatic heterocycles. The second kappa shape index (κ2) is 9.74. The Bertz CT molecular complexity index is 1260. The van der Waals surface area contributed by atoms with Gasteiger partial charge in [0.1, 0.15) is 18.2 Å². The number of oxime groups is 1. The molecule has 0 bridgehead atoms. The smallest absolute Gasteiger partial charge is 0.142 e. The van der Waals surface area contributed by atoms with Crippen molar-refractivity contribution in [3.8, 4) is 22.7 Å². The fourth-order valence-electron chi connectivity index (χ4n) is 3.81. The lowest BCUT2D eigenvalue weighted by atomic mass is 10.1. The van der Waals surface area contributed by atoms with Crippen LogP contribution in [0.15, 0.2) is 84.0 Å². The molecule has 0 atom stereocenters. The molecular weight excluding hydrogens is 415 g/mol. The van der Waals surface area contributed by atoms with Crippen LogP contribution in [0, 0.1) is 19.7 Å². The Balaban J connectivity index is 1.67. The van der Waals surface area contributed by atoms with Crippen molar-refractivity contribution in [2.45, 2.75) is 27.4 Å². The van der Waals surface area contributed by atoms with E-state index in [1.807, 2.05) is 31.2 Å². The third kappa shape index (κ3) is 4.98. The average molecular weight is 443 g/mol. The summed E-state index contributed by atoms with van der Waals surface area (Å²) in [6, 6.07) is 24.7. The first-order valence-electron chi connectivity index (χ1n) is 10.8. The molecular formula is C28H27FN2O2. The Labute approximate surface area is 193 Å². The molecule has 4 nitrogen and oxygen atoms in total. The average Bonchev–Trinajstić information content (AvgIpc) is 3.17. The summed E-state index contributed by atoms with van der Waals surface area (Å²) in [6.45, 7) is 6.43. The first kappa shape index (κ1) is 22.3. The fourth-order valence-corrected chi connectivity index (χ4v) is 3.81. The summed E-state index contributed by atoms with van der Waals surface area (Å²) < 4.78 is 20.9. The second-order valence-corrected chi connectivity index (χ2v) is 8.00. The van der Waals surface area contributed by atoms with Crippen LogP contribution < -0.4 is 4.74 Å². The van der Waals surface area contributed by atoms with Crippen molar-refractivity contribution in [2.75, 3.05) is 7.11 Å². The van der Waals surface area contributed by atoms with Gasteiger partial charge in [-0.25, -0.2) is 4.39 Å². The fraction of sp³-hybridized carbons (Fsp3) is 0.179. The highest BCUT2D eigenvalue weighted by molar-refractivity contribution is 6.01. The van der Waals surface area contributed by atoms with Crippen LogP contribution in [-0.2, 0) is 11.4 Å². The van der Waals surface area contributed by atoms with Crippen molar-refractivity contribution >= 4 is 5.71 Å². The third-order valence-electron chi connectivity index (χ3n) is 5.66. The van der Waals surface area contributed by atoms with E-state index in [4.69, 9.17) is 9.57 Å². The highest BCUT2D eigenvalue weighted by atomic mass is 19.1. The van der Waals surface area contributed by atoms with E-state index in [1.165, 1.54) is 17.7 Å². The van der Waals surface area contributed by atoms with E-state index in [-0.39, 0.29) is 5.82 Å². The predicted molar refractivity (Wildman–Crippen MR) is 131 cm³/mol. The summed E-state index contributed by atoms with van der Waals surface area (Å²) >= 11 is 0. The standard InChI is InChI=1S/C28H27FN2O2/c1-19-5-13-25(14-6-19)31-21(3)27(17-28(31)23-9-11-24(29)12-10-23)20(2)30-33-18-22-7-15-26(32-4)16-8-22/h5-17H,18H2,1-4H3/b30-20-. The number of benzene rings is 3. The van der Waals surface area contributed by atoms with Crippen molar-refractivity contribution in [3.05, 3.63) is 107 Å². The van der Waals surface area contributed by atoms with Gasteiger partial charge in [-0.05, 0) is 86.5 Å². The highest BCUT2D eigenvalue weighted by Crippen LogP contribution is 2.30. The van der Waals surface area contributed by atoms with Gasteiger partial charge in [0.25, 0.3) is 0 Å². The van der Waals surface area contributed by atoms with Gasteiger partial charge in [0.15, 0.2) is 0 Å². The van der Waals surface area contributed by atoms with E-state index in [0.29, 0.717) is 6.61 Å². The number of aromatic nitrogens is 1. The van der Waals surface area contributed by atoms with E-state index in [0.717, 1.165) is 45.2 Å². The van der Waals surface area contributed by atoms with Crippen LogP contribution in [0.1, 0.15) is 29.3 Å². The molecule has 0 unspecified atom stereocenters. The first-order chi connectivity index (χ1) is 16.0. The van der Waals surface area contributed by atoms with E-state index < -0.39 is 0 Å². The molecule has 4 aromatic rings. The molecule has 0 N–H and O–H groups in total. The number of rotatable bonds is 7. The summed E-state index contributed by atoms with van der Waals surface area (Å²) in [5, 5.41) is 4.38. The molecule has 0 saturated carbocycles. The lowest BCUT2D eigenvalue weighted by molar-refractivity contribution is 0.130. The van der Waals surface area contributed by atoms with Crippen molar-refractivity contribution in [1.82, 2.24) is 4.57 Å². The number of methoxy groups -OCH3 is 1. The molecule has 0 radical (unpaired) electrons. The largest absolute Gasteiger partial charge is 0.497 e. The zero-order valence-corrected chi connectivity index (χ0v) is 19.3. The minimum Gasteiger partial charge on any atom is -0.497 e. The maximum atomic E-state index is 13.6. The van der Waals surface area contributed by atoms with Crippen LogP contribution in [0.25, 0.3) is 16.9 Å². The Morgan fingerprint density at radius 3 is 2.21 bits per heavy atom. The van der Waals surface area contributed by atoms with Crippen LogP contribution in [0.2, 0.25) is 0 Å². The van der Waals surface area contributed by atoms with E-state index in [1.54, 1.807) is 19.2 Å². The maximum absolute atomic E-state index is 13.6. The quantitative estimate of drug-likeness (QED) is 0.232. The molecule has 0 fully saturated rings. The number of nitrogens with zero attached hydrogens (tertiary/aromatic N) is 2. The number of halogens is 1. The molecule has 4 rings (SSSR count). The minimum atomic E-state index is -0.256. The van der Waals surface area contributed by atoms with Gasteiger partial charge < -0.3 is 14.1 Å². The van der Waals surface area contributed by atoms with Crippen molar-refractivity contribution in [3.63, 3.8) is 0 Å². The number of hydrogen-bond acceptors (Lipinski definition) is 3. The lowest BCUT2D eigenvalue weighted by Gasteiger charge is -2.13. The normalized spacial score (nSPS) is 11.5. The molecule has 168 valence electrons. The zero-order chi connectivity index (χ0) is 23.4. The summed E-state index contributed by atoms with van der Waals surface area (Å²) in [6.07, 6.45) is 0. The van der Waals surface area contributed by atoms with Crippen LogP contribution >= 0.6 is 0 Å².